The summed E-state index contributed by atoms with van der Waals surface area (Å²) in [5, 5.41) is 56.1. The van der Waals surface area contributed by atoms with Gasteiger partial charge in [-0.25, -0.2) is 0 Å². The Hall–Kier alpha value is -5.13. The topological polar surface area (TPSA) is 180 Å². The number of phenols is 3. The lowest BCUT2D eigenvalue weighted by Gasteiger charge is -2.36. The van der Waals surface area contributed by atoms with Gasteiger partial charge in [0.25, 0.3) is 0 Å². The number of phenolic OH excluding ortho intramolecular Hbond substituents is 3. The maximum absolute atomic E-state index is 13.9. The van der Waals surface area contributed by atoms with Crippen molar-refractivity contribution >= 4 is 28.1 Å². The predicted octanol–water partition coefficient (Wildman–Crippen LogP) is 3.58. The molecule has 44 heavy (non-hydrogen) atoms. The molecule has 226 valence electrons. The molecule has 11 heteroatoms. The molecule has 0 radical (unpaired) electrons. The summed E-state index contributed by atoms with van der Waals surface area (Å²) in [7, 11) is 4.02. The van der Waals surface area contributed by atoms with Gasteiger partial charge in [0.1, 0.15) is 40.6 Å². The fraction of sp³-hybridized carbons (Fsp3) is 0.242. The van der Waals surface area contributed by atoms with Crippen molar-refractivity contribution in [2.75, 3.05) is 21.3 Å². The van der Waals surface area contributed by atoms with E-state index in [9.17, 15) is 39.9 Å². The summed E-state index contributed by atoms with van der Waals surface area (Å²) in [4.78, 5) is 41.0. The average molecular weight is 616 g/mol. The van der Waals surface area contributed by atoms with Crippen LogP contribution in [0.4, 0.5) is 0 Å². The number of rotatable bonds is 4. The largest absolute Gasteiger partial charge is 0.507 e. The van der Waals surface area contributed by atoms with Crippen LogP contribution in [0.1, 0.15) is 60.3 Å². The molecule has 6 rings (SSSR count). The number of aryl methyl sites for hydroxylation is 1. The van der Waals surface area contributed by atoms with Crippen LogP contribution < -0.4 is 14.2 Å². The molecule has 0 fully saturated rings. The molecular formula is C33H28O11. The Bertz CT molecular complexity index is 1990. The summed E-state index contributed by atoms with van der Waals surface area (Å²) >= 11 is 0. The molecule has 11 nitrogen and oxygen atoms in total. The standard InChI is InChI=1S/C33H28O11/c1-12-6-15-22(18(34)7-12)28(36)24-16(27(15)35)10-20(44-5)26(30(24)38)21-14-8-13(42-3)9-19(43-4)23(14)29(37)25-17(21)11-33(2,41)32(40)31(25)39/h6-10,32,34,37-38,40-41H,11H2,1-5H3/t32-,33+/m1/s1/i1+1,2+1,6+1,7+1,8+1,9+1,10+1,11+1,21+1,22+1,23+1,24+1,25+1,26+1,27+1,32+1. The molecule has 0 saturated heterocycles. The average Bonchev–Trinajstić information content (AvgIpc) is 2.97. The van der Waals surface area contributed by atoms with Crippen molar-refractivity contribution in [3.05, 3.63) is 69.3 Å². The number of benzene rings is 4. The van der Waals surface area contributed by atoms with E-state index in [0.29, 0.717) is 5.56 Å². The summed E-state index contributed by atoms with van der Waals surface area (Å²) in [5.74, 6) is -3.82. The van der Waals surface area contributed by atoms with Gasteiger partial charge in [0.2, 0.25) is 5.78 Å². The van der Waals surface area contributed by atoms with Crippen LogP contribution in [0.3, 0.4) is 0 Å². The number of aliphatic hydroxyl groups is 2. The number of carbonyl (C=O) groups excluding carboxylic acids is 3. The van der Waals surface area contributed by atoms with Crippen molar-refractivity contribution in [2.24, 2.45) is 0 Å². The van der Waals surface area contributed by atoms with Gasteiger partial charge in [0.05, 0.1) is 54.6 Å². The van der Waals surface area contributed by atoms with Crippen LogP contribution in [-0.4, -0.2) is 75.9 Å². The van der Waals surface area contributed by atoms with Crippen LogP contribution in [0.15, 0.2) is 30.3 Å². The summed E-state index contributed by atoms with van der Waals surface area (Å²) in [6.45, 7) is 2.91. The van der Waals surface area contributed by atoms with E-state index >= 15 is 0 Å². The minimum absolute atomic E-state index is 0.0178. The molecule has 0 amide bonds. The molecule has 0 aliphatic heterocycles. The Balaban J connectivity index is 1.81. The lowest BCUT2D eigenvalue weighted by Crippen LogP contribution is -2.50. The van der Waals surface area contributed by atoms with E-state index in [2.05, 4.69) is 0 Å². The maximum atomic E-state index is 13.9. The number of ether oxygens (including phenoxy) is 3. The molecule has 2 atom stereocenters. The molecule has 4 aromatic carbocycles. The second-order valence-corrected chi connectivity index (χ2v) is 11.2. The van der Waals surface area contributed by atoms with Crippen molar-refractivity contribution < 1.29 is 54.1 Å². The van der Waals surface area contributed by atoms with Crippen molar-refractivity contribution in [1.82, 2.24) is 0 Å². The predicted molar refractivity (Wildman–Crippen MR) is 157 cm³/mol. The molecule has 0 bridgehead atoms. The Morgan fingerprint density at radius 2 is 1.41 bits per heavy atom. The highest BCUT2D eigenvalue weighted by molar-refractivity contribution is 6.31. The second-order valence-electron chi connectivity index (χ2n) is 11.2. The van der Waals surface area contributed by atoms with Gasteiger partial charge in [0, 0.05) is 34.6 Å². The number of hydrogen-bond acceptors (Lipinski definition) is 11. The molecule has 2 aliphatic carbocycles. The van der Waals surface area contributed by atoms with Gasteiger partial charge in [-0.2, -0.15) is 0 Å². The van der Waals surface area contributed by atoms with Gasteiger partial charge >= 0.3 is 0 Å². The molecule has 2 aliphatic rings. The first-order valence-electron chi connectivity index (χ1n) is 13.5. The van der Waals surface area contributed by atoms with E-state index < -0.39 is 51.9 Å². The van der Waals surface area contributed by atoms with Crippen LogP contribution in [0, 0.1) is 6.92 Å². The van der Waals surface area contributed by atoms with Crippen LogP contribution in [0.25, 0.3) is 21.9 Å². The van der Waals surface area contributed by atoms with E-state index in [4.69, 9.17) is 14.2 Å². The minimum Gasteiger partial charge on any atom is -0.507 e. The number of fused-ring (bicyclic) bond motifs is 4. The highest BCUT2D eigenvalue weighted by Gasteiger charge is 2.47. The van der Waals surface area contributed by atoms with E-state index in [-0.39, 0.29) is 73.4 Å². The first kappa shape index (κ1) is 29.0. The molecule has 0 aromatic heterocycles. The van der Waals surface area contributed by atoms with Crippen molar-refractivity contribution in [3.8, 4) is 45.6 Å². The summed E-state index contributed by atoms with van der Waals surface area (Å²) in [5.41, 5.74) is -2.71. The molecule has 0 saturated carbocycles. The number of Topliss-reactive ketones (excluding diaryl/α,β-unsaturated/α-hetero) is 1. The Labute approximate surface area is 250 Å². The molecule has 0 spiro atoms. The lowest BCUT2D eigenvalue weighted by atomic mass is 10.2. The van der Waals surface area contributed by atoms with E-state index in [1.807, 2.05) is 0 Å². The van der Waals surface area contributed by atoms with Crippen molar-refractivity contribution in [3.63, 3.8) is 0 Å². The molecular weight excluding hydrogens is 588 g/mol. The maximum Gasteiger partial charge on any atom is 0.201 e. The molecule has 5 N–H and O–H groups in total. The highest BCUT2D eigenvalue weighted by Crippen LogP contribution is 2.55. The lowest BCUT2D eigenvalue weighted by molar-refractivity contribution is -0.0488. The van der Waals surface area contributed by atoms with E-state index in [1.165, 1.54) is 58.6 Å². The van der Waals surface area contributed by atoms with Gasteiger partial charge in [-0.15, -0.1) is 0 Å². The first-order valence-corrected chi connectivity index (χ1v) is 13.5. The third-order valence-corrected chi connectivity index (χ3v) is 8.44. The van der Waals surface area contributed by atoms with Gasteiger partial charge < -0.3 is 39.7 Å². The number of carbonyl (C=O) groups is 3. The SMILES string of the molecule is COc1[13cH]c(OC)[13c]2c(O)[13c]3c([13c](-[13c]4c(OC)[13cH]c5[13c](c4O)C(=O)[13c]4c(O)[13cH]c([13CH3])[13cH]c4[13C]5=O)c2[13cH]1)[13CH2][C@]([13CH3])(O)[13C@H](O)C3=O. The Morgan fingerprint density at radius 1 is 0.750 bits per heavy atom. The van der Waals surface area contributed by atoms with Gasteiger partial charge in [0.15, 0.2) is 11.6 Å². The zero-order chi connectivity index (χ0) is 32.0. The zero-order valence-corrected chi connectivity index (χ0v) is 24.4. The minimum atomic E-state index is -1.99. The summed E-state index contributed by atoms with van der Waals surface area (Å²) in [6, 6.07) is 7.06. The van der Waals surface area contributed by atoms with Crippen molar-refractivity contribution in [2.45, 2.75) is 32.0 Å². The van der Waals surface area contributed by atoms with Crippen LogP contribution in [0.5, 0.6) is 34.5 Å². The first-order chi connectivity index (χ1) is 20.8. The molecule has 4 aromatic rings. The Morgan fingerprint density at radius 3 is 2.05 bits per heavy atom. The van der Waals surface area contributed by atoms with Crippen LogP contribution >= 0.6 is 0 Å². The third-order valence-electron chi connectivity index (χ3n) is 8.44. The van der Waals surface area contributed by atoms with Crippen molar-refractivity contribution in [1.29, 1.82) is 0 Å². The number of ketones is 3. The third kappa shape index (κ3) is 3.79. The molecule has 0 heterocycles. The summed E-state index contributed by atoms with van der Waals surface area (Å²) < 4.78 is 16.6. The van der Waals surface area contributed by atoms with Crippen LogP contribution in [-0.2, 0) is 6.42 Å². The normalized spacial score (nSPS) is 19.0. The summed E-state index contributed by atoms with van der Waals surface area (Å²) in [6.07, 6.45) is -2.26. The zero-order valence-electron chi connectivity index (χ0n) is 24.4. The number of aromatic hydroxyl groups is 3. The van der Waals surface area contributed by atoms with E-state index in [1.54, 1.807) is 6.92 Å². The van der Waals surface area contributed by atoms with Gasteiger partial charge in [-0.3, -0.25) is 14.4 Å². The quantitative estimate of drug-likeness (QED) is 0.186. The number of hydrogen-bond donors (Lipinski definition) is 5. The van der Waals surface area contributed by atoms with Gasteiger partial charge in [-0.1, -0.05) is 0 Å². The fourth-order valence-corrected chi connectivity index (χ4v) is 6.38. The number of methoxy groups -OCH3 is 3. The Kier molecular flexibility index (Phi) is 6.38. The van der Waals surface area contributed by atoms with E-state index in [0.717, 1.165) is 0 Å². The second kappa shape index (κ2) is 9.69. The fourth-order valence-electron chi connectivity index (χ4n) is 6.38. The highest BCUT2D eigenvalue weighted by atomic mass is 16.5. The van der Waals surface area contributed by atoms with Crippen LogP contribution in [0.2, 0.25) is 0 Å². The molecule has 0 unspecified atom stereocenters. The number of aliphatic hydroxyl groups excluding tert-OH is 1. The smallest absolute Gasteiger partial charge is 0.201 e. The monoisotopic (exact) mass is 616 g/mol. The van der Waals surface area contributed by atoms with Gasteiger partial charge in [-0.05, 0) is 49.2 Å².